The summed E-state index contributed by atoms with van der Waals surface area (Å²) in [5, 5.41) is 1.64. The molecule has 0 N–H and O–H groups in total. The molecule has 0 spiro atoms. The van der Waals surface area contributed by atoms with Gasteiger partial charge in [-0.1, -0.05) is 75.1 Å². The summed E-state index contributed by atoms with van der Waals surface area (Å²) in [6.07, 6.45) is 11.8. The van der Waals surface area contributed by atoms with Gasteiger partial charge in [0.2, 0.25) is 0 Å². The minimum absolute atomic E-state index is 0.786. The van der Waals surface area contributed by atoms with Gasteiger partial charge in [0, 0.05) is 10.0 Å². The molecule has 0 amide bonds. The van der Waals surface area contributed by atoms with Crippen molar-refractivity contribution < 1.29 is 0 Å². The second-order valence-electron chi connectivity index (χ2n) is 4.96. The molecule has 0 heterocycles. The summed E-state index contributed by atoms with van der Waals surface area (Å²) >= 11 is 12.1. The number of halogens is 2. The first-order valence-corrected chi connectivity index (χ1v) is 7.93. The van der Waals surface area contributed by atoms with Crippen molar-refractivity contribution in [1.29, 1.82) is 0 Å². The molecule has 0 unspecified atom stereocenters. The van der Waals surface area contributed by atoms with Gasteiger partial charge in [-0.25, -0.2) is 0 Å². The highest BCUT2D eigenvalue weighted by molar-refractivity contribution is 6.33. The Balaban J connectivity index is 2.09. The van der Waals surface area contributed by atoms with Crippen molar-refractivity contribution in [2.75, 3.05) is 0 Å². The van der Waals surface area contributed by atoms with Gasteiger partial charge in [-0.3, -0.25) is 0 Å². The zero-order valence-corrected chi connectivity index (χ0v) is 12.9. The molecule has 0 fully saturated rings. The number of hydrogen-bond donors (Lipinski definition) is 0. The molecule has 0 bridgehead atoms. The Labute approximate surface area is 122 Å². The molecule has 0 aliphatic carbocycles. The largest absolute Gasteiger partial charge is 0.0843 e. The maximum atomic E-state index is 6.13. The van der Waals surface area contributed by atoms with Crippen LogP contribution >= 0.6 is 23.2 Å². The van der Waals surface area contributed by atoms with Crippen LogP contribution in [0.15, 0.2) is 18.2 Å². The fraction of sp³-hybridized carbons (Fsp3) is 0.625. The van der Waals surface area contributed by atoms with Crippen LogP contribution < -0.4 is 0 Å². The number of benzene rings is 1. The van der Waals surface area contributed by atoms with E-state index in [9.17, 15) is 0 Å². The Kier molecular flexibility index (Phi) is 8.54. The quantitative estimate of drug-likeness (QED) is 0.444. The van der Waals surface area contributed by atoms with Gasteiger partial charge < -0.3 is 0 Å². The van der Waals surface area contributed by atoms with E-state index >= 15 is 0 Å². The van der Waals surface area contributed by atoms with Gasteiger partial charge in [-0.2, -0.15) is 0 Å². The fourth-order valence-corrected chi connectivity index (χ4v) is 2.59. The van der Waals surface area contributed by atoms with Crippen molar-refractivity contribution in [3.05, 3.63) is 33.8 Å². The molecule has 102 valence electrons. The summed E-state index contributed by atoms with van der Waals surface area (Å²) in [5.41, 5.74) is 1.19. The smallest absolute Gasteiger partial charge is 0.0439 e. The van der Waals surface area contributed by atoms with Crippen molar-refractivity contribution >= 4 is 23.2 Å². The first-order chi connectivity index (χ1) is 8.74. The molecular weight excluding hydrogens is 263 g/mol. The van der Waals surface area contributed by atoms with Gasteiger partial charge in [-0.15, -0.1) is 0 Å². The highest BCUT2D eigenvalue weighted by Crippen LogP contribution is 2.22. The highest BCUT2D eigenvalue weighted by atomic mass is 35.5. The predicted molar refractivity (Wildman–Crippen MR) is 82.8 cm³/mol. The molecule has 1 aromatic carbocycles. The molecule has 1 aromatic rings. The Bertz CT molecular complexity index is 334. The van der Waals surface area contributed by atoms with Crippen LogP contribution in [0.2, 0.25) is 10.0 Å². The minimum Gasteiger partial charge on any atom is -0.0843 e. The summed E-state index contributed by atoms with van der Waals surface area (Å²) in [6, 6.07) is 5.73. The third-order valence-corrected chi connectivity index (χ3v) is 3.91. The van der Waals surface area contributed by atoms with E-state index in [0.717, 1.165) is 16.5 Å². The van der Waals surface area contributed by atoms with E-state index in [2.05, 4.69) is 6.92 Å². The molecule has 0 nitrogen and oxygen atoms in total. The van der Waals surface area contributed by atoms with E-state index in [-0.39, 0.29) is 0 Å². The molecule has 0 saturated carbocycles. The summed E-state index contributed by atoms with van der Waals surface area (Å²) in [4.78, 5) is 0. The maximum Gasteiger partial charge on any atom is 0.0439 e. The van der Waals surface area contributed by atoms with Crippen LogP contribution in [0.25, 0.3) is 0 Å². The molecule has 1 rings (SSSR count). The van der Waals surface area contributed by atoms with E-state index in [4.69, 9.17) is 23.2 Å². The van der Waals surface area contributed by atoms with Gasteiger partial charge in [0.05, 0.1) is 0 Å². The van der Waals surface area contributed by atoms with E-state index in [0.29, 0.717) is 0 Å². The monoisotopic (exact) mass is 286 g/mol. The maximum absolute atomic E-state index is 6.13. The summed E-state index contributed by atoms with van der Waals surface area (Å²) < 4.78 is 0. The highest BCUT2D eigenvalue weighted by Gasteiger charge is 2.01. The zero-order chi connectivity index (χ0) is 13.2. The molecule has 2 heteroatoms. The number of hydrogen-bond acceptors (Lipinski definition) is 0. The van der Waals surface area contributed by atoms with Gasteiger partial charge in [-0.05, 0) is 36.6 Å². The van der Waals surface area contributed by atoms with Crippen molar-refractivity contribution in [1.82, 2.24) is 0 Å². The number of rotatable bonds is 9. The van der Waals surface area contributed by atoms with Gasteiger partial charge >= 0.3 is 0 Å². The Morgan fingerprint density at radius 2 is 1.44 bits per heavy atom. The van der Waals surface area contributed by atoms with Gasteiger partial charge in [0.15, 0.2) is 0 Å². The third-order valence-electron chi connectivity index (χ3n) is 3.31. The second kappa shape index (κ2) is 9.69. The minimum atomic E-state index is 0.786. The molecule has 0 radical (unpaired) electrons. The Morgan fingerprint density at radius 1 is 0.833 bits per heavy atom. The second-order valence-corrected chi connectivity index (χ2v) is 5.80. The molecule has 18 heavy (non-hydrogen) atoms. The first kappa shape index (κ1) is 15.9. The first-order valence-electron chi connectivity index (χ1n) is 7.18. The summed E-state index contributed by atoms with van der Waals surface area (Å²) in [6.45, 7) is 2.26. The van der Waals surface area contributed by atoms with Crippen LogP contribution in [-0.2, 0) is 6.42 Å². The number of unbranched alkanes of at least 4 members (excludes halogenated alkanes) is 7. The van der Waals surface area contributed by atoms with Crippen molar-refractivity contribution in [3.63, 3.8) is 0 Å². The lowest BCUT2D eigenvalue weighted by atomic mass is 10.0. The van der Waals surface area contributed by atoms with Gasteiger partial charge in [0.1, 0.15) is 0 Å². The Morgan fingerprint density at radius 3 is 2.11 bits per heavy atom. The predicted octanol–water partition coefficient (Wildman–Crippen LogP) is 6.68. The average Bonchev–Trinajstić information content (AvgIpc) is 2.36. The van der Waals surface area contributed by atoms with Crippen molar-refractivity contribution in [2.24, 2.45) is 0 Å². The van der Waals surface area contributed by atoms with Crippen LogP contribution in [0.3, 0.4) is 0 Å². The van der Waals surface area contributed by atoms with Crippen LogP contribution in [0.5, 0.6) is 0 Å². The zero-order valence-electron chi connectivity index (χ0n) is 11.4. The average molecular weight is 287 g/mol. The van der Waals surface area contributed by atoms with E-state index in [1.807, 2.05) is 18.2 Å². The lowest BCUT2D eigenvalue weighted by Crippen LogP contribution is -1.88. The molecule has 0 aliphatic heterocycles. The molecule has 0 aliphatic rings. The molecule has 0 saturated heterocycles. The van der Waals surface area contributed by atoms with Crippen molar-refractivity contribution in [2.45, 2.75) is 64.7 Å². The summed E-state index contributed by atoms with van der Waals surface area (Å²) in [5.74, 6) is 0. The van der Waals surface area contributed by atoms with Crippen LogP contribution in [0.4, 0.5) is 0 Å². The van der Waals surface area contributed by atoms with Crippen LogP contribution in [-0.4, -0.2) is 0 Å². The third kappa shape index (κ3) is 6.66. The van der Waals surface area contributed by atoms with E-state index < -0.39 is 0 Å². The number of aryl methyl sites for hydroxylation is 1. The fourth-order valence-electron chi connectivity index (χ4n) is 2.18. The molecule has 0 aromatic heterocycles. The SMILES string of the molecule is CCCCCCCCCCc1cc(Cl)ccc1Cl. The van der Waals surface area contributed by atoms with Crippen LogP contribution in [0, 0.1) is 0 Å². The van der Waals surface area contributed by atoms with E-state index in [1.54, 1.807) is 0 Å². The lowest BCUT2D eigenvalue weighted by molar-refractivity contribution is 0.575. The lowest BCUT2D eigenvalue weighted by Gasteiger charge is -2.05. The van der Waals surface area contributed by atoms with Crippen molar-refractivity contribution in [3.8, 4) is 0 Å². The normalized spacial score (nSPS) is 10.8. The molecule has 0 atom stereocenters. The standard InChI is InChI=1S/C16H24Cl2/c1-2-3-4-5-6-7-8-9-10-14-13-15(17)11-12-16(14)18/h11-13H,2-10H2,1H3. The van der Waals surface area contributed by atoms with Crippen LogP contribution in [0.1, 0.15) is 63.9 Å². The topological polar surface area (TPSA) is 0 Å². The van der Waals surface area contributed by atoms with E-state index in [1.165, 1.54) is 56.9 Å². The molecular formula is C16H24Cl2. The van der Waals surface area contributed by atoms with Gasteiger partial charge in [0.25, 0.3) is 0 Å². The summed E-state index contributed by atoms with van der Waals surface area (Å²) in [7, 11) is 0. The Hall–Kier alpha value is -0.200.